The van der Waals surface area contributed by atoms with E-state index in [0.29, 0.717) is 31.6 Å². The van der Waals surface area contributed by atoms with Crippen molar-refractivity contribution in [3.05, 3.63) is 54.4 Å². The van der Waals surface area contributed by atoms with Gasteiger partial charge in [0.1, 0.15) is 18.0 Å². The van der Waals surface area contributed by atoms with Gasteiger partial charge in [0.05, 0.1) is 21.6 Å². The van der Waals surface area contributed by atoms with Crippen molar-refractivity contribution in [2.24, 2.45) is 5.10 Å². The zero-order valence-corrected chi connectivity index (χ0v) is 17.3. The molecule has 1 aromatic heterocycles. The standard InChI is InChI=1S/C21H19N7O2S/c22-13-17(14-23)27-26-16-5-7-18(8-6-16)31(29,30)28-11-9-15(10-12-28)21-24-19-3-1-2-4-20(19)25-21/h1-8,15,26H,9-12H2,(H,24,25). The average molecular weight is 433 g/mol. The highest BCUT2D eigenvalue weighted by Gasteiger charge is 2.31. The second-order valence-corrected chi connectivity index (χ2v) is 9.08. The van der Waals surface area contributed by atoms with Gasteiger partial charge in [0.2, 0.25) is 15.7 Å². The van der Waals surface area contributed by atoms with Gasteiger partial charge in [-0.2, -0.15) is 19.9 Å². The van der Waals surface area contributed by atoms with Crippen LogP contribution in [0.5, 0.6) is 0 Å². The zero-order chi connectivity index (χ0) is 21.8. The lowest BCUT2D eigenvalue weighted by atomic mass is 9.97. The van der Waals surface area contributed by atoms with E-state index in [2.05, 4.69) is 20.5 Å². The molecule has 0 aliphatic carbocycles. The van der Waals surface area contributed by atoms with E-state index in [1.54, 1.807) is 24.3 Å². The van der Waals surface area contributed by atoms with Gasteiger partial charge in [-0.1, -0.05) is 12.1 Å². The molecule has 1 saturated heterocycles. The molecule has 4 rings (SSSR count). The van der Waals surface area contributed by atoms with Gasteiger partial charge in [-0.3, -0.25) is 5.43 Å². The number of anilines is 1. The number of para-hydroxylation sites is 2. The molecule has 2 N–H and O–H groups in total. The molecule has 9 nitrogen and oxygen atoms in total. The van der Waals surface area contributed by atoms with Crippen LogP contribution >= 0.6 is 0 Å². The van der Waals surface area contributed by atoms with Crippen molar-refractivity contribution in [2.75, 3.05) is 18.5 Å². The van der Waals surface area contributed by atoms with E-state index < -0.39 is 10.0 Å². The number of nitriles is 2. The number of aromatic amines is 1. The number of imidazole rings is 1. The van der Waals surface area contributed by atoms with Crippen LogP contribution in [0.2, 0.25) is 0 Å². The molecule has 3 aromatic rings. The smallest absolute Gasteiger partial charge is 0.243 e. The molecule has 10 heteroatoms. The molecular formula is C21H19N7O2S. The highest BCUT2D eigenvalue weighted by molar-refractivity contribution is 7.89. The number of hydrogen-bond donors (Lipinski definition) is 2. The van der Waals surface area contributed by atoms with Crippen LogP contribution in [-0.4, -0.2) is 41.5 Å². The lowest BCUT2D eigenvalue weighted by Gasteiger charge is -2.30. The molecule has 0 radical (unpaired) electrons. The Morgan fingerprint density at radius 3 is 2.42 bits per heavy atom. The molecule has 156 valence electrons. The van der Waals surface area contributed by atoms with Gasteiger partial charge < -0.3 is 4.98 Å². The first-order valence-corrected chi connectivity index (χ1v) is 11.1. The van der Waals surface area contributed by atoms with E-state index >= 15 is 0 Å². The van der Waals surface area contributed by atoms with E-state index in [4.69, 9.17) is 10.5 Å². The van der Waals surface area contributed by atoms with Crippen molar-refractivity contribution < 1.29 is 8.42 Å². The number of sulfonamides is 1. The van der Waals surface area contributed by atoms with Crippen molar-refractivity contribution in [1.82, 2.24) is 14.3 Å². The predicted molar refractivity (Wildman–Crippen MR) is 116 cm³/mol. The highest BCUT2D eigenvalue weighted by Crippen LogP contribution is 2.30. The number of nitrogens with zero attached hydrogens (tertiary/aromatic N) is 5. The van der Waals surface area contributed by atoms with Crippen molar-refractivity contribution >= 4 is 32.5 Å². The summed E-state index contributed by atoms with van der Waals surface area (Å²) in [5.74, 6) is 1.10. The number of hydrogen-bond acceptors (Lipinski definition) is 7. The summed E-state index contributed by atoms with van der Waals surface area (Å²) in [6, 6.07) is 17.2. The van der Waals surface area contributed by atoms with Gasteiger partial charge in [-0.15, -0.1) is 0 Å². The first-order valence-electron chi connectivity index (χ1n) is 9.70. The summed E-state index contributed by atoms with van der Waals surface area (Å²) >= 11 is 0. The molecule has 31 heavy (non-hydrogen) atoms. The minimum Gasteiger partial charge on any atom is -0.342 e. The van der Waals surface area contributed by atoms with E-state index in [1.165, 1.54) is 16.4 Å². The SMILES string of the molecule is N#CC(C#N)=NNc1ccc(S(=O)(=O)N2CCC(c3nc4ccccc4[nH]3)CC2)cc1. The quantitative estimate of drug-likeness (QED) is 0.469. The second kappa shape index (κ2) is 8.56. The van der Waals surface area contributed by atoms with Gasteiger partial charge >= 0.3 is 0 Å². The summed E-state index contributed by atoms with van der Waals surface area (Å²) in [5.41, 5.74) is 4.63. The van der Waals surface area contributed by atoms with Crippen LogP contribution in [0.4, 0.5) is 5.69 Å². The first kappa shape index (κ1) is 20.5. The van der Waals surface area contributed by atoms with Crippen LogP contribution in [0.3, 0.4) is 0 Å². The largest absolute Gasteiger partial charge is 0.342 e. The third-order valence-corrected chi connectivity index (χ3v) is 7.16. The van der Waals surface area contributed by atoms with Gasteiger partial charge in [0.25, 0.3) is 0 Å². The van der Waals surface area contributed by atoms with Crippen LogP contribution in [-0.2, 0) is 10.0 Å². The van der Waals surface area contributed by atoms with Crippen LogP contribution in [0.1, 0.15) is 24.6 Å². The molecule has 0 amide bonds. The fraction of sp³-hybridized carbons (Fsp3) is 0.238. The first-order chi connectivity index (χ1) is 15.0. The van der Waals surface area contributed by atoms with Crippen molar-refractivity contribution in [3.63, 3.8) is 0 Å². The molecule has 0 atom stereocenters. The number of fused-ring (bicyclic) bond motifs is 1. The number of hydrazone groups is 1. The number of H-pyrrole nitrogens is 1. The Balaban J connectivity index is 1.42. The Bertz CT molecular complexity index is 1260. The maximum Gasteiger partial charge on any atom is 0.243 e. The Hall–Kier alpha value is -3.73. The molecule has 2 aromatic carbocycles. The molecule has 0 saturated carbocycles. The summed E-state index contributed by atoms with van der Waals surface area (Å²) in [4.78, 5) is 8.19. The molecule has 2 heterocycles. The van der Waals surface area contributed by atoms with Gasteiger partial charge in [0.15, 0.2) is 0 Å². The summed E-state index contributed by atoms with van der Waals surface area (Å²) in [5, 5.41) is 21.0. The van der Waals surface area contributed by atoms with E-state index in [9.17, 15) is 8.42 Å². The summed E-state index contributed by atoms with van der Waals surface area (Å²) in [6.07, 6.45) is 1.39. The Morgan fingerprint density at radius 1 is 1.10 bits per heavy atom. The molecule has 0 spiro atoms. The summed E-state index contributed by atoms with van der Waals surface area (Å²) < 4.78 is 27.5. The molecule has 1 fully saturated rings. The summed E-state index contributed by atoms with van der Waals surface area (Å²) in [7, 11) is -3.62. The van der Waals surface area contributed by atoms with Crippen molar-refractivity contribution in [2.45, 2.75) is 23.7 Å². The lowest BCUT2D eigenvalue weighted by Crippen LogP contribution is -2.38. The van der Waals surface area contributed by atoms with Crippen molar-refractivity contribution in [3.8, 4) is 12.1 Å². The molecule has 1 aliphatic heterocycles. The molecule has 1 aliphatic rings. The highest BCUT2D eigenvalue weighted by atomic mass is 32.2. The van der Waals surface area contributed by atoms with E-state index in [-0.39, 0.29) is 16.5 Å². The third kappa shape index (κ3) is 4.26. The van der Waals surface area contributed by atoms with Gasteiger partial charge in [-0.25, -0.2) is 13.4 Å². The normalized spacial score (nSPS) is 15.2. The monoisotopic (exact) mass is 433 g/mol. The molecular weight excluding hydrogens is 414 g/mol. The Labute approximate surface area is 179 Å². The Kier molecular flexibility index (Phi) is 5.67. The lowest BCUT2D eigenvalue weighted by molar-refractivity contribution is 0.314. The summed E-state index contributed by atoms with van der Waals surface area (Å²) in [6.45, 7) is 0.837. The maximum atomic E-state index is 13.0. The number of rotatable bonds is 5. The minimum atomic E-state index is -3.62. The molecule has 0 bridgehead atoms. The topological polar surface area (TPSA) is 138 Å². The number of aromatic nitrogens is 2. The zero-order valence-electron chi connectivity index (χ0n) is 16.5. The van der Waals surface area contributed by atoms with Gasteiger partial charge in [0, 0.05) is 19.0 Å². The van der Waals surface area contributed by atoms with E-state index in [1.807, 2.05) is 24.3 Å². The maximum absolute atomic E-state index is 13.0. The second-order valence-electron chi connectivity index (χ2n) is 7.14. The predicted octanol–water partition coefficient (Wildman–Crippen LogP) is 2.95. The number of benzene rings is 2. The Morgan fingerprint density at radius 2 is 1.77 bits per heavy atom. The van der Waals surface area contributed by atoms with Crippen LogP contribution in [0.25, 0.3) is 11.0 Å². The fourth-order valence-corrected chi connectivity index (χ4v) is 5.05. The van der Waals surface area contributed by atoms with Crippen molar-refractivity contribution in [1.29, 1.82) is 10.5 Å². The van der Waals surface area contributed by atoms with Crippen LogP contribution in [0.15, 0.2) is 58.5 Å². The fourth-order valence-electron chi connectivity index (χ4n) is 3.58. The minimum absolute atomic E-state index is 0.185. The number of piperidine rings is 1. The van der Waals surface area contributed by atoms with Gasteiger partial charge in [-0.05, 0) is 49.2 Å². The van der Waals surface area contributed by atoms with Crippen LogP contribution in [0, 0.1) is 22.7 Å². The van der Waals surface area contributed by atoms with E-state index in [0.717, 1.165) is 16.9 Å². The third-order valence-electron chi connectivity index (χ3n) is 5.25. The number of nitrogens with one attached hydrogen (secondary N) is 2. The molecule has 0 unspecified atom stereocenters. The van der Waals surface area contributed by atoms with Crippen LogP contribution < -0.4 is 5.43 Å². The average Bonchev–Trinajstić information content (AvgIpc) is 3.24.